The van der Waals surface area contributed by atoms with Gasteiger partial charge >= 0.3 is 0 Å². The Bertz CT molecular complexity index is 956. The second-order valence-corrected chi connectivity index (χ2v) is 7.62. The third-order valence-electron chi connectivity index (χ3n) is 3.75. The molecule has 134 valence electrons. The molecule has 0 aliphatic carbocycles. The molecule has 0 aliphatic rings. The maximum atomic E-state index is 12.3. The average Bonchev–Trinajstić information content (AvgIpc) is 3.04. The number of amides is 1. The number of imidazole rings is 1. The summed E-state index contributed by atoms with van der Waals surface area (Å²) < 4.78 is 1.99. The lowest BCUT2D eigenvalue weighted by molar-refractivity contribution is -0.113. The fraction of sp³-hybridized carbons (Fsp3) is 0.158. The molecule has 0 aliphatic heterocycles. The maximum Gasteiger partial charge on any atom is 0.234 e. The topological polar surface area (TPSA) is 46.9 Å². The third kappa shape index (κ3) is 4.41. The summed E-state index contributed by atoms with van der Waals surface area (Å²) in [5.74, 6) is 0.0412. The lowest BCUT2D eigenvalue weighted by Crippen LogP contribution is -2.15. The molecule has 2 aromatic carbocycles. The van der Waals surface area contributed by atoms with Gasteiger partial charge in [0.25, 0.3) is 0 Å². The highest BCUT2D eigenvalue weighted by atomic mass is 35.5. The second-order valence-electron chi connectivity index (χ2n) is 5.83. The highest BCUT2D eigenvalue weighted by Gasteiger charge is 2.12. The Morgan fingerprint density at radius 1 is 1.19 bits per heavy atom. The van der Waals surface area contributed by atoms with Gasteiger partial charge in [-0.05, 0) is 43.7 Å². The monoisotopic (exact) mass is 405 g/mol. The number of hydrogen-bond acceptors (Lipinski definition) is 3. The summed E-state index contributed by atoms with van der Waals surface area (Å²) in [6, 6.07) is 11.2. The van der Waals surface area contributed by atoms with Crippen LogP contribution in [-0.4, -0.2) is 21.2 Å². The van der Waals surface area contributed by atoms with E-state index in [4.69, 9.17) is 23.2 Å². The van der Waals surface area contributed by atoms with E-state index in [9.17, 15) is 4.79 Å². The van der Waals surface area contributed by atoms with E-state index >= 15 is 0 Å². The molecule has 0 radical (unpaired) electrons. The molecular weight excluding hydrogens is 389 g/mol. The van der Waals surface area contributed by atoms with Crippen molar-refractivity contribution in [3.8, 4) is 5.69 Å². The fourth-order valence-corrected chi connectivity index (χ4v) is 3.67. The molecule has 7 heteroatoms. The van der Waals surface area contributed by atoms with E-state index in [0.717, 1.165) is 16.4 Å². The molecule has 26 heavy (non-hydrogen) atoms. The molecule has 0 spiro atoms. The van der Waals surface area contributed by atoms with E-state index < -0.39 is 0 Å². The smallest absolute Gasteiger partial charge is 0.234 e. The number of rotatable bonds is 5. The van der Waals surface area contributed by atoms with Crippen molar-refractivity contribution in [2.45, 2.75) is 19.0 Å². The summed E-state index contributed by atoms with van der Waals surface area (Å²) in [5.41, 5.74) is 3.91. The van der Waals surface area contributed by atoms with Crippen LogP contribution in [0.15, 0.2) is 53.9 Å². The van der Waals surface area contributed by atoms with Gasteiger partial charge in [-0.1, -0.05) is 52.7 Å². The number of nitrogens with zero attached hydrogens (tertiary/aromatic N) is 2. The van der Waals surface area contributed by atoms with Crippen molar-refractivity contribution < 1.29 is 4.79 Å². The molecule has 1 amide bonds. The van der Waals surface area contributed by atoms with Gasteiger partial charge < -0.3 is 5.32 Å². The van der Waals surface area contributed by atoms with E-state index in [-0.39, 0.29) is 11.7 Å². The van der Waals surface area contributed by atoms with Crippen molar-refractivity contribution >= 4 is 46.6 Å². The molecule has 0 saturated carbocycles. The van der Waals surface area contributed by atoms with E-state index in [1.165, 1.54) is 17.3 Å². The summed E-state index contributed by atoms with van der Waals surface area (Å²) in [6.07, 6.45) is 3.62. The minimum Gasteiger partial charge on any atom is -0.324 e. The van der Waals surface area contributed by atoms with Gasteiger partial charge in [-0.15, -0.1) is 0 Å². The standard InChI is InChI=1S/C19H17Cl2N3OS/c1-12-3-6-17(13(2)9-12)24-8-7-22-19(24)26-11-18(25)23-16-10-14(20)4-5-15(16)21/h3-10H,11H2,1-2H3,(H,23,25). The summed E-state index contributed by atoms with van der Waals surface area (Å²) >= 11 is 13.4. The number of aromatic nitrogens is 2. The zero-order valence-electron chi connectivity index (χ0n) is 14.3. The third-order valence-corrected chi connectivity index (χ3v) is 5.29. The Hall–Kier alpha value is -1.95. The first kappa shape index (κ1) is 18.8. The van der Waals surface area contributed by atoms with E-state index in [0.29, 0.717) is 15.7 Å². The van der Waals surface area contributed by atoms with Gasteiger partial charge in [0.15, 0.2) is 5.16 Å². The second kappa shape index (κ2) is 8.16. The Morgan fingerprint density at radius 2 is 2.00 bits per heavy atom. The zero-order chi connectivity index (χ0) is 18.7. The van der Waals surface area contributed by atoms with Crippen LogP contribution in [0.3, 0.4) is 0 Å². The summed E-state index contributed by atoms with van der Waals surface area (Å²) in [6.45, 7) is 4.12. The molecule has 0 saturated heterocycles. The first-order chi connectivity index (χ1) is 12.4. The van der Waals surface area contributed by atoms with Gasteiger partial charge in [0.05, 0.1) is 22.2 Å². The molecule has 0 bridgehead atoms. The van der Waals surface area contributed by atoms with E-state index in [1.54, 1.807) is 24.4 Å². The Kier molecular flexibility index (Phi) is 5.91. The zero-order valence-corrected chi connectivity index (χ0v) is 16.6. The largest absolute Gasteiger partial charge is 0.324 e. The number of carbonyl (C=O) groups excluding carboxylic acids is 1. The van der Waals surface area contributed by atoms with Gasteiger partial charge in [0, 0.05) is 17.4 Å². The molecule has 0 fully saturated rings. The predicted molar refractivity (Wildman–Crippen MR) is 109 cm³/mol. The molecule has 0 unspecified atom stereocenters. The minimum absolute atomic E-state index is 0.172. The summed E-state index contributed by atoms with van der Waals surface area (Å²) in [5, 5.41) is 4.50. The highest BCUT2D eigenvalue weighted by Crippen LogP contribution is 2.27. The first-order valence-corrected chi connectivity index (χ1v) is 9.67. The number of anilines is 1. The SMILES string of the molecule is Cc1ccc(-n2ccnc2SCC(=O)Nc2cc(Cl)ccc2Cl)c(C)c1. The number of benzene rings is 2. The number of halogens is 2. The van der Waals surface area contributed by atoms with Crippen molar-refractivity contribution in [3.05, 3.63) is 70.0 Å². The molecule has 3 rings (SSSR count). The molecule has 1 aromatic heterocycles. The fourth-order valence-electron chi connectivity index (χ4n) is 2.57. The van der Waals surface area contributed by atoms with E-state index in [1.807, 2.05) is 10.8 Å². The maximum absolute atomic E-state index is 12.3. The Balaban J connectivity index is 1.70. The Morgan fingerprint density at radius 3 is 2.77 bits per heavy atom. The number of carbonyl (C=O) groups is 1. The lowest BCUT2D eigenvalue weighted by Gasteiger charge is -2.11. The number of thioether (sulfide) groups is 1. The van der Waals surface area contributed by atoms with Crippen molar-refractivity contribution in [3.63, 3.8) is 0 Å². The van der Waals surface area contributed by atoms with Gasteiger partial charge in [-0.3, -0.25) is 9.36 Å². The Labute approximate surface area is 166 Å². The summed E-state index contributed by atoms with van der Waals surface area (Å²) in [7, 11) is 0. The molecule has 4 nitrogen and oxygen atoms in total. The first-order valence-electron chi connectivity index (χ1n) is 7.93. The van der Waals surface area contributed by atoms with Crippen LogP contribution in [0.2, 0.25) is 10.0 Å². The lowest BCUT2D eigenvalue weighted by atomic mass is 10.1. The molecule has 1 N–H and O–H groups in total. The van der Waals surface area contributed by atoms with Crippen molar-refractivity contribution in [1.82, 2.24) is 9.55 Å². The molecular formula is C19H17Cl2N3OS. The molecule has 3 aromatic rings. The van der Waals surface area contributed by atoms with Gasteiger partial charge in [0.2, 0.25) is 5.91 Å². The average molecular weight is 406 g/mol. The number of hydrogen-bond donors (Lipinski definition) is 1. The van der Waals surface area contributed by atoms with Crippen molar-refractivity contribution in [2.75, 3.05) is 11.1 Å². The van der Waals surface area contributed by atoms with Crippen LogP contribution in [0.25, 0.3) is 5.69 Å². The van der Waals surface area contributed by atoms with Crippen LogP contribution in [0, 0.1) is 13.8 Å². The number of nitrogens with one attached hydrogen (secondary N) is 1. The quantitative estimate of drug-likeness (QED) is 0.567. The highest BCUT2D eigenvalue weighted by molar-refractivity contribution is 7.99. The number of aryl methyl sites for hydroxylation is 2. The van der Waals surface area contributed by atoms with Crippen LogP contribution in [0.4, 0.5) is 5.69 Å². The molecule has 0 atom stereocenters. The van der Waals surface area contributed by atoms with Gasteiger partial charge in [-0.2, -0.15) is 0 Å². The minimum atomic E-state index is -0.172. The normalized spacial score (nSPS) is 10.8. The predicted octanol–water partition coefficient (Wildman–Crippen LogP) is 5.53. The van der Waals surface area contributed by atoms with Crippen LogP contribution < -0.4 is 5.32 Å². The van der Waals surface area contributed by atoms with Crippen molar-refractivity contribution in [1.29, 1.82) is 0 Å². The van der Waals surface area contributed by atoms with Crippen LogP contribution in [0.1, 0.15) is 11.1 Å². The van der Waals surface area contributed by atoms with Gasteiger partial charge in [-0.25, -0.2) is 4.98 Å². The van der Waals surface area contributed by atoms with E-state index in [2.05, 4.69) is 42.3 Å². The van der Waals surface area contributed by atoms with Crippen LogP contribution >= 0.6 is 35.0 Å². The van der Waals surface area contributed by atoms with Crippen LogP contribution in [0.5, 0.6) is 0 Å². The van der Waals surface area contributed by atoms with Crippen LogP contribution in [-0.2, 0) is 4.79 Å². The summed E-state index contributed by atoms with van der Waals surface area (Å²) in [4.78, 5) is 16.6. The molecule has 1 heterocycles. The van der Waals surface area contributed by atoms with Gasteiger partial charge in [0.1, 0.15) is 0 Å². The van der Waals surface area contributed by atoms with Crippen molar-refractivity contribution in [2.24, 2.45) is 0 Å².